The average molecular weight is 212 g/mol. The molecule has 0 saturated heterocycles. The molecule has 0 N–H and O–H groups in total. The molecule has 15 heavy (non-hydrogen) atoms. The van der Waals surface area contributed by atoms with Crippen LogP contribution < -0.4 is 0 Å². The molecule has 0 aromatic rings. The van der Waals surface area contributed by atoms with Crippen LogP contribution in [0.1, 0.15) is 46.5 Å². The predicted molar refractivity (Wildman–Crippen MR) is 61.8 cm³/mol. The lowest BCUT2D eigenvalue weighted by atomic mass is 9.74. The van der Waals surface area contributed by atoms with Gasteiger partial charge in [0.2, 0.25) is 0 Å². The summed E-state index contributed by atoms with van der Waals surface area (Å²) in [5.41, 5.74) is 0. The molecule has 1 aliphatic rings. The summed E-state index contributed by atoms with van der Waals surface area (Å²) in [6.07, 6.45) is 4.08. The number of carbonyl (C=O) groups excluding carboxylic acids is 1. The molecular weight excluding hydrogens is 188 g/mol. The highest BCUT2D eigenvalue weighted by molar-refractivity contribution is 5.81. The van der Waals surface area contributed by atoms with Gasteiger partial charge in [0.25, 0.3) is 0 Å². The summed E-state index contributed by atoms with van der Waals surface area (Å²) in [6, 6.07) is 0. The molecule has 2 atom stereocenters. The summed E-state index contributed by atoms with van der Waals surface area (Å²) in [4.78, 5) is 11.9. The Hall–Kier alpha value is -0.370. The van der Waals surface area contributed by atoms with Gasteiger partial charge in [-0.1, -0.05) is 13.8 Å². The summed E-state index contributed by atoms with van der Waals surface area (Å²) >= 11 is 0. The molecule has 1 rings (SSSR count). The molecule has 0 amide bonds. The third-order valence-corrected chi connectivity index (χ3v) is 3.33. The van der Waals surface area contributed by atoms with E-state index in [0.29, 0.717) is 31.3 Å². The van der Waals surface area contributed by atoms with Crippen molar-refractivity contribution in [1.29, 1.82) is 0 Å². The highest BCUT2D eigenvalue weighted by atomic mass is 16.5. The molecule has 2 nitrogen and oxygen atoms in total. The van der Waals surface area contributed by atoms with Gasteiger partial charge in [-0.15, -0.1) is 0 Å². The molecule has 2 unspecified atom stereocenters. The summed E-state index contributed by atoms with van der Waals surface area (Å²) in [5, 5.41) is 0. The van der Waals surface area contributed by atoms with Crippen LogP contribution in [0.2, 0.25) is 0 Å². The van der Waals surface area contributed by atoms with Crippen LogP contribution in [-0.4, -0.2) is 19.0 Å². The van der Waals surface area contributed by atoms with Crippen LogP contribution in [0.4, 0.5) is 0 Å². The highest BCUT2D eigenvalue weighted by Gasteiger charge is 2.28. The van der Waals surface area contributed by atoms with Gasteiger partial charge in [-0.2, -0.15) is 0 Å². The minimum Gasteiger partial charge on any atom is -0.381 e. The summed E-state index contributed by atoms with van der Waals surface area (Å²) < 4.78 is 5.23. The normalized spacial score (nSPS) is 31.5. The Morgan fingerprint density at radius 1 is 1.20 bits per heavy atom. The Bertz CT molecular complexity index is 191. The molecule has 0 radical (unpaired) electrons. The average Bonchev–Trinajstić information content (AvgIpc) is 2.16. The van der Waals surface area contributed by atoms with Crippen LogP contribution in [0.5, 0.6) is 0 Å². The van der Waals surface area contributed by atoms with Crippen molar-refractivity contribution in [3.8, 4) is 0 Å². The molecule has 0 bridgehead atoms. The maximum absolute atomic E-state index is 11.9. The largest absolute Gasteiger partial charge is 0.381 e. The predicted octanol–water partition coefficient (Wildman–Crippen LogP) is 3.05. The Labute approximate surface area is 93.4 Å². The molecule has 0 heterocycles. The quantitative estimate of drug-likeness (QED) is 0.655. The first-order valence-corrected chi connectivity index (χ1v) is 6.24. The zero-order valence-corrected chi connectivity index (χ0v) is 10.3. The molecule has 1 fully saturated rings. The smallest absolute Gasteiger partial charge is 0.138 e. The summed E-state index contributed by atoms with van der Waals surface area (Å²) in [7, 11) is 0. The third kappa shape index (κ3) is 4.33. The van der Waals surface area contributed by atoms with Crippen LogP contribution >= 0.6 is 0 Å². The van der Waals surface area contributed by atoms with Gasteiger partial charge >= 0.3 is 0 Å². The monoisotopic (exact) mass is 212 g/mol. The van der Waals surface area contributed by atoms with E-state index >= 15 is 0 Å². The zero-order chi connectivity index (χ0) is 11.3. The maximum atomic E-state index is 11.9. The van der Waals surface area contributed by atoms with Crippen LogP contribution in [0.25, 0.3) is 0 Å². The van der Waals surface area contributed by atoms with Crippen molar-refractivity contribution in [3.63, 3.8) is 0 Å². The standard InChI is InChI=1S/C13H24O2/c1-4-15-6-5-13(14)12-8-10(2)7-11(3)9-12/h10-12H,4-9H2,1-3H3. The lowest BCUT2D eigenvalue weighted by molar-refractivity contribution is -0.125. The van der Waals surface area contributed by atoms with Gasteiger partial charge in [-0.25, -0.2) is 0 Å². The van der Waals surface area contributed by atoms with Crippen LogP contribution in [-0.2, 0) is 9.53 Å². The second-order valence-electron chi connectivity index (χ2n) is 5.03. The van der Waals surface area contributed by atoms with Gasteiger partial charge in [0.15, 0.2) is 0 Å². The van der Waals surface area contributed by atoms with Crippen LogP contribution in [0, 0.1) is 17.8 Å². The van der Waals surface area contributed by atoms with Gasteiger partial charge in [-0.3, -0.25) is 4.79 Å². The fraction of sp³-hybridized carbons (Fsp3) is 0.923. The van der Waals surface area contributed by atoms with E-state index < -0.39 is 0 Å². The maximum Gasteiger partial charge on any atom is 0.138 e. The Kier molecular flexibility index (Phi) is 5.30. The number of ether oxygens (including phenoxy) is 1. The second kappa shape index (κ2) is 6.26. The van der Waals surface area contributed by atoms with Crippen molar-refractivity contribution in [1.82, 2.24) is 0 Å². The molecule has 0 aromatic carbocycles. The number of hydrogen-bond donors (Lipinski definition) is 0. The van der Waals surface area contributed by atoms with Crippen LogP contribution in [0.3, 0.4) is 0 Å². The lowest BCUT2D eigenvalue weighted by Crippen LogP contribution is -2.26. The van der Waals surface area contributed by atoms with E-state index in [-0.39, 0.29) is 0 Å². The third-order valence-electron chi connectivity index (χ3n) is 3.33. The van der Waals surface area contributed by atoms with Crippen molar-refractivity contribution < 1.29 is 9.53 Å². The second-order valence-corrected chi connectivity index (χ2v) is 5.03. The fourth-order valence-corrected chi connectivity index (χ4v) is 2.73. The van der Waals surface area contributed by atoms with Gasteiger partial charge in [0, 0.05) is 18.9 Å². The molecule has 88 valence electrons. The zero-order valence-electron chi connectivity index (χ0n) is 10.3. The number of hydrogen-bond acceptors (Lipinski definition) is 2. The minimum absolute atomic E-state index is 0.309. The minimum atomic E-state index is 0.309. The number of Topliss-reactive ketones (excluding diaryl/α,β-unsaturated/α-hetero) is 1. The SMILES string of the molecule is CCOCCC(=O)C1CC(C)CC(C)C1. The number of rotatable bonds is 5. The number of carbonyl (C=O) groups is 1. The van der Waals surface area contributed by atoms with Crippen molar-refractivity contribution in [2.45, 2.75) is 46.5 Å². The summed E-state index contributed by atoms with van der Waals surface area (Å²) in [6.45, 7) is 7.81. The molecular formula is C13H24O2. The van der Waals surface area contributed by atoms with Gasteiger partial charge in [0.05, 0.1) is 6.61 Å². The fourth-order valence-electron chi connectivity index (χ4n) is 2.73. The number of ketones is 1. The van der Waals surface area contributed by atoms with Gasteiger partial charge < -0.3 is 4.74 Å². The van der Waals surface area contributed by atoms with Gasteiger partial charge in [0.1, 0.15) is 5.78 Å². The first kappa shape index (κ1) is 12.7. The van der Waals surface area contributed by atoms with Crippen molar-refractivity contribution >= 4 is 5.78 Å². The van der Waals surface area contributed by atoms with E-state index in [1.807, 2.05) is 6.92 Å². The topological polar surface area (TPSA) is 26.3 Å². The van der Waals surface area contributed by atoms with E-state index in [0.717, 1.165) is 24.7 Å². The molecule has 0 aromatic heterocycles. The first-order chi connectivity index (χ1) is 7.13. The molecule has 1 saturated carbocycles. The van der Waals surface area contributed by atoms with E-state index in [4.69, 9.17) is 4.74 Å². The molecule has 1 aliphatic carbocycles. The lowest BCUT2D eigenvalue weighted by Gasteiger charge is -2.30. The van der Waals surface area contributed by atoms with Crippen molar-refractivity contribution in [2.75, 3.05) is 13.2 Å². The van der Waals surface area contributed by atoms with E-state index in [1.54, 1.807) is 0 Å². The highest BCUT2D eigenvalue weighted by Crippen LogP contribution is 2.33. The van der Waals surface area contributed by atoms with E-state index in [2.05, 4.69) is 13.8 Å². The van der Waals surface area contributed by atoms with Gasteiger partial charge in [-0.05, 0) is 38.0 Å². The van der Waals surface area contributed by atoms with Crippen molar-refractivity contribution in [3.05, 3.63) is 0 Å². The molecule has 2 heteroatoms. The van der Waals surface area contributed by atoms with E-state index in [9.17, 15) is 4.79 Å². The molecule has 0 spiro atoms. The first-order valence-electron chi connectivity index (χ1n) is 6.24. The van der Waals surface area contributed by atoms with E-state index in [1.165, 1.54) is 6.42 Å². The molecule has 0 aliphatic heterocycles. The summed E-state index contributed by atoms with van der Waals surface area (Å²) in [5.74, 6) is 2.16. The van der Waals surface area contributed by atoms with Crippen molar-refractivity contribution in [2.24, 2.45) is 17.8 Å². The Morgan fingerprint density at radius 3 is 2.33 bits per heavy atom. The Morgan fingerprint density at radius 2 is 1.80 bits per heavy atom. The Balaban J connectivity index is 2.31. The van der Waals surface area contributed by atoms with Crippen LogP contribution in [0.15, 0.2) is 0 Å².